The molecule has 5 fully saturated rings. The molecule has 0 saturated heterocycles. The zero-order valence-electron chi connectivity index (χ0n) is 34.7. The molecule has 1 spiro atoms. The van der Waals surface area contributed by atoms with Crippen molar-refractivity contribution in [1.82, 2.24) is 0 Å². The van der Waals surface area contributed by atoms with Crippen LogP contribution in [0.25, 0.3) is 29.3 Å². The summed E-state index contributed by atoms with van der Waals surface area (Å²) in [7, 11) is 0. The normalized spacial score (nSPS) is 28.8. The Morgan fingerprint density at radius 2 is 0.903 bits per heavy atom. The molecule has 0 aromatic carbocycles. The number of halogens is 4. The van der Waals surface area contributed by atoms with Gasteiger partial charge in [0.15, 0.2) is 34.6 Å². The predicted molar refractivity (Wildman–Crippen MR) is 242 cm³/mol. The van der Waals surface area contributed by atoms with Gasteiger partial charge >= 0.3 is 0 Å². The van der Waals surface area contributed by atoms with Gasteiger partial charge in [-0.2, -0.15) is 0 Å². The molecule has 8 atom stereocenters. The molecule has 4 aromatic heterocycles. The molecule has 62 heavy (non-hydrogen) atoms. The Hall–Kier alpha value is -3.46. The number of hydrogen-bond donors (Lipinski definition) is 0. The first-order chi connectivity index (χ1) is 29.9. The van der Waals surface area contributed by atoms with E-state index in [2.05, 4.69) is 36.0 Å². The molecule has 10 rings (SSSR count). The number of rotatable bonds is 10. The molecule has 0 radical (unpaired) electrons. The highest BCUT2D eigenvalue weighted by atomic mass is 32.1. The molecule has 0 bridgehead atoms. The van der Waals surface area contributed by atoms with Gasteiger partial charge in [0.2, 0.25) is 0 Å². The van der Waals surface area contributed by atoms with Crippen LogP contribution in [0, 0.1) is 23.7 Å². The Morgan fingerprint density at radius 1 is 0.532 bits per heavy atom. The molecular formula is C48H48F4N2O4S4. The summed E-state index contributed by atoms with van der Waals surface area (Å²) in [6, 6.07) is 8.72. The second-order valence-corrected chi connectivity index (χ2v) is 22.4. The number of aliphatic imine (C=N–C) groups is 2. The Morgan fingerprint density at radius 3 is 1.26 bits per heavy atom. The summed E-state index contributed by atoms with van der Waals surface area (Å²) < 4.78 is 57.3. The minimum absolute atomic E-state index is 0.136. The third-order valence-electron chi connectivity index (χ3n) is 14.4. The highest BCUT2D eigenvalue weighted by molar-refractivity contribution is 7.30. The first-order valence-corrected chi connectivity index (χ1v) is 25.6. The third kappa shape index (κ3) is 6.94. The van der Waals surface area contributed by atoms with Crippen molar-refractivity contribution in [2.24, 2.45) is 33.7 Å². The lowest BCUT2D eigenvalue weighted by Crippen LogP contribution is -2.35. The second-order valence-electron chi connectivity index (χ2n) is 18.2. The molecule has 0 aliphatic heterocycles. The van der Waals surface area contributed by atoms with Crippen LogP contribution in [0.2, 0.25) is 0 Å². The van der Waals surface area contributed by atoms with E-state index < -0.39 is 71.5 Å². The number of nitrogens with zero attached hydrogens (tertiary/aromatic N) is 2. The van der Waals surface area contributed by atoms with Crippen molar-refractivity contribution in [1.29, 1.82) is 0 Å². The van der Waals surface area contributed by atoms with Crippen LogP contribution < -0.4 is 0 Å². The molecule has 8 unspecified atom stereocenters. The van der Waals surface area contributed by atoms with Crippen LogP contribution in [0.4, 0.5) is 27.6 Å². The maximum absolute atomic E-state index is 14.3. The fourth-order valence-electron chi connectivity index (χ4n) is 11.1. The number of ketones is 4. The summed E-state index contributed by atoms with van der Waals surface area (Å²) in [5.41, 5.74) is 4.46. The minimum atomic E-state index is -1.75. The number of alkyl halides is 4. The van der Waals surface area contributed by atoms with Gasteiger partial charge < -0.3 is 0 Å². The van der Waals surface area contributed by atoms with Gasteiger partial charge in [0.05, 0.1) is 0 Å². The van der Waals surface area contributed by atoms with Crippen molar-refractivity contribution in [2.75, 3.05) is 0 Å². The van der Waals surface area contributed by atoms with Crippen LogP contribution in [0.3, 0.4) is 0 Å². The van der Waals surface area contributed by atoms with Crippen LogP contribution >= 0.6 is 45.3 Å². The molecule has 4 aromatic rings. The average Bonchev–Trinajstić information content (AvgIpc) is 4.13. The van der Waals surface area contributed by atoms with Crippen molar-refractivity contribution in [3.05, 3.63) is 46.5 Å². The largest absolute Gasteiger partial charge is 0.292 e. The first kappa shape index (κ1) is 42.5. The number of thiophene rings is 4. The monoisotopic (exact) mass is 920 g/mol. The zero-order valence-corrected chi connectivity index (χ0v) is 38.0. The lowest BCUT2D eigenvalue weighted by molar-refractivity contribution is -0.123. The fraction of sp³-hybridized carbons (Fsp3) is 0.542. The molecule has 4 heterocycles. The topological polar surface area (TPSA) is 93.0 Å². The Balaban J connectivity index is 1.02. The van der Waals surface area contributed by atoms with Gasteiger partial charge in [0.25, 0.3) is 0 Å². The van der Waals surface area contributed by atoms with Gasteiger partial charge in [-0.05, 0) is 111 Å². The van der Waals surface area contributed by atoms with Crippen molar-refractivity contribution in [3.63, 3.8) is 0 Å². The summed E-state index contributed by atoms with van der Waals surface area (Å²) in [5.74, 6) is -5.27. The van der Waals surface area contributed by atoms with Crippen molar-refractivity contribution in [3.8, 4) is 29.3 Å². The van der Waals surface area contributed by atoms with Gasteiger partial charge in [-0.1, -0.05) is 46.0 Å². The van der Waals surface area contributed by atoms with Crippen LogP contribution in [-0.4, -0.2) is 59.2 Å². The van der Waals surface area contributed by atoms with Crippen molar-refractivity contribution >= 4 is 89.9 Å². The molecule has 14 heteroatoms. The summed E-state index contributed by atoms with van der Waals surface area (Å²) in [5, 5.41) is 1.12. The third-order valence-corrected chi connectivity index (χ3v) is 19.4. The molecule has 6 nitrogen and oxygen atoms in total. The van der Waals surface area contributed by atoms with E-state index in [1.54, 1.807) is 22.7 Å². The van der Waals surface area contributed by atoms with E-state index >= 15 is 0 Å². The van der Waals surface area contributed by atoms with E-state index in [0.29, 0.717) is 10.0 Å². The number of carbonyl (C=O) groups excluding carboxylic acids is 4. The number of aryl methyl sites for hydroxylation is 2. The number of fused-ring (bicyclic) bond motifs is 7. The Bertz CT molecular complexity index is 2330. The summed E-state index contributed by atoms with van der Waals surface area (Å²) in [4.78, 5) is 69.8. The number of Topliss-reactive ketones (excluding diaryl/α,β-unsaturated/α-hetero) is 4. The number of hydrogen-bond acceptors (Lipinski definition) is 10. The van der Waals surface area contributed by atoms with E-state index in [9.17, 15) is 36.7 Å². The molecule has 0 N–H and O–H groups in total. The highest BCUT2D eigenvalue weighted by Gasteiger charge is 2.54. The van der Waals surface area contributed by atoms with Crippen LogP contribution in [0.5, 0.6) is 0 Å². The van der Waals surface area contributed by atoms with Crippen molar-refractivity contribution in [2.45, 2.75) is 140 Å². The van der Waals surface area contributed by atoms with Crippen LogP contribution in [0.1, 0.15) is 120 Å². The van der Waals surface area contributed by atoms with Gasteiger partial charge in [-0.3, -0.25) is 19.2 Å². The van der Waals surface area contributed by atoms with E-state index in [-0.39, 0.29) is 42.5 Å². The lowest BCUT2D eigenvalue weighted by atomic mass is 9.68. The summed E-state index contributed by atoms with van der Waals surface area (Å²) >= 11 is 6.50. The smallest absolute Gasteiger partial charge is 0.188 e. The fourth-order valence-corrected chi connectivity index (χ4v) is 16.2. The molecular weight excluding hydrogens is 873 g/mol. The molecule has 326 valence electrons. The van der Waals surface area contributed by atoms with E-state index in [4.69, 9.17) is 0 Å². The van der Waals surface area contributed by atoms with E-state index in [1.165, 1.54) is 50.0 Å². The zero-order chi connectivity index (χ0) is 43.2. The Kier molecular flexibility index (Phi) is 11.3. The van der Waals surface area contributed by atoms with Crippen LogP contribution in [0.15, 0.2) is 34.3 Å². The summed E-state index contributed by atoms with van der Waals surface area (Å²) in [6.45, 7) is 4.29. The average molecular weight is 921 g/mol. The predicted octanol–water partition coefficient (Wildman–Crippen LogP) is 13.0. The van der Waals surface area contributed by atoms with Gasteiger partial charge in [-0.25, -0.2) is 27.5 Å². The lowest BCUT2D eigenvalue weighted by Gasteiger charge is -2.34. The standard InChI is InChI=1S/C48H48F4N2O4S4/c1-3-5-10-22-14-36(53-38-40(55)24-16-30(49)31(50)17-25(24)41(38)56)61-44(22)34-20-28-46(59-34)47-29(48(28)12-8-7-9-13-48)21-35(60-47)45-23(11-6-4-2)15-37(62-45)54-39-42(57)26-18-32(51)33(52)19-27(26)43(39)58/h14-15,20-21,24-27,30-33H,3-13,16-19H2,1-2H3. The quantitative estimate of drug-likeness (QED) is 0.148. The molecule has 6 aliphatic rings. The maximum Gasteiger partial charge on any atom is 0.188 e. The minimum Gasteiger partial charge on any atom is -0.292 e. The van der Waals surface area contributed by atoms with Gasteiger partial charge in [-0.15, -0.1) is 45.3 Å². The summed E-state index contributed by atoms with van der Waals surface area (Å²) in [6.07, 6.45) is 2.90. The second kappa shape index (κ2) is 16.5. The maximum atomic E-state index is 14.3. The number of unbranched alkanes of at least 4 members (excludes halogenated alkanes) is 2. The van der Waals surface area contributed by atoms with E-state index in [1.807, 2.05) is 12.1 Å². The van der Waals surface area contributed by atoms with Crippen molar-refractivity contribution < 1.29 is 36.7 Å². The van der Waals surface area contributed by atoms with Gasteiger partial charge in [0.1, 0.15) is 34.7 Å². The SMILES string of the molecule is CCCCc1cc(N=C2C(=O)C3CC(F)C(F)CC3C2=O)sc1-c1cc2c(s1)-c1sc(-c3sc(N=C4C(=O)C5CC(F)C(F)CC5C4=O)cc3CCCC)cc1C21CCCCC1. The Labute approximate surface area is 374 Å². The van der Waals surface area contributed by atoms with E-state index in [0.717, 1.165) is 94.8 Å². The highest BCUT2D eigenvalue weighted by Crippen LogP contribution is 2.63. The first-order valence-electron chi connectivity index (χ1n) is 22.4. The molecule has 5 saturated carbocycles. The number of carbonyl (C=O) groups is 4. The molecule has 6 aliphatic carbocycles. The van der Waals surface area contributed by atoms with Gasteiger partial charge in [0, 0.05) is 58.3 Å². The molecule has 0 amide bonds. The van der Waals surface area contributed by atoms with Crippen LogP contribution in [-0.2, 0) is 37.4 Å².